The molecular weight excluding hydrogens is 216 g/mol. The molecule has 4 heteroatoms. The van der Waals surface area contributed by atoms with Crippen molar-refractivity contribution in [1.82, 2.24) is 10.2 Å². The number of carbonyl (C=O) groups is 1. The van der Waals surface area contributed by atoms with Gasteiger partial charge in [0.15, 0.2) is 0 Å². The third-order valence-electron chi connectivity index (χ3n) is 3.68. The smallest absolute Gasteiger partial charge is 0.217 e. The van der Waals surface area contributed by atoms with Gasteiger partial charge in [-0.2, -0.15) is 0 Å². The lowest BCUT2D eigenvalue weighted by Crippen LogP contribution is -2.48. The van der Waals surface area contributed by atoms with Gasteiger partial charge in [0, 0.05) is 32.7 Å². The molecule has 2 aliphatic rings. The van der Waals surface area contributed by atoms with Crippen LogP contribution in [0.15, 0.2) is 0 Å². The van der Waals surface area contributed by atoms with Crippen molar-refractivity contribution < 1.29 is 9.53 Å². The Bertz CT molecular complexity index is 252. The van der Waals surface area contributed by atoms with Gasteiger partial charge in [-0.15, -0.1) is 0 Å². The Kier molecular flexibility index (Phi) is 4.80. The first-order valence-corrected chi connectivity index (χ1v) is 6.81. The standard InChI is InChI=1S/C13H24N2O2/c1-11(16)14-13-5-2-6-15(9-13)8-12-4-3-7-17-10-12/h12-13H,2-10H2,1H3,(H,14,16). The van der Waals surface area contributed by atoms with Crippen LogP contribution in [0.3, 0.4) is 0 Å². The van der Waals surface area contributed by atoms with Crippen LogP contribution < -0.4 is 5.32 Å². The topological polar surface area (TPSA) is 41.6 Å². The molecule has 0 aromatic heterocycles. The van der Waals surface area contributed by atoms with E-state index in [1.165, 1.54) is 25.8 Å². The highest BCUT2D eigenvalue weighted by molar-refractivity contribution is 5.73. The van der Waals surface area contributed by atoms with E-state index in [1.54, 1.807) is 6.92 Å². The number of nitrogens with one attached hydrogen (secondary N) is 1. The average molecular weight is 240 g/mol. The van der Waals surface area contributed by atoms with E-state index in [0.29, 0.717) is 12.0 Å². The zero-order valence-corrected chi connectivity index (χ0v) is 10.8. The molecule has 0 spiro atoms. The molecule has 0 bridgehead atoms. The molecule has 2 aliphatic heterocycles. The highest BCUT2D eigenvalue weighted by Gasteiger charge is 2.23. The summed E-state index contributed by atoms with van der Waals surface area (Å²) in [5.74, 6) is 0.790. The second kappa shape index (κ2) is 6.36. The summed E-state index contributed by atoms with van der Waals surface area (Å²) in [4.78, 5) is 13.5. The summed E-state index contributed by atoms with van der Waals surface area (Å²) in [5.41, 5.74) is 0. The van der Waals surface area contributed by atoms with Gasteiger partial charge in [-0.05, 0) is 38.1 Å². The summed E-state index contributed by atoms with van der Waals surface area (Å²) in [7, 11) is 0. The molecule has 2 fully saturated rings. The molecule has 0 aromatic rings. The molecule has 2 atom stereocenters. The first kappa shape index (κ1) is 12.8. The maximum Gasteiger partial charge on any atom is 0.217 e. The van der Waals surface area contributed by atoms with Crippen molar-refractivity contribution in [2.24, 2.45) is 5.92 Å². The van der Waals surface area contributed by atoms with Crippen LogP contribution in [0.25, 0.3) is 0 Å². The number of likely N-dealkylation sites (tertiary alicyclic amines) is 1. The van der Waals surface area contributed by atoms with Crippen LogP contribution in [0.1, 0.15) is 32.6 Å². The predicted octanol–water partition coefficient (Wildman–Crippen LogP) is 1.01. The van der Waals surface area contributed by atoms with E-state index in [1.807, 2.05) is 0 Å². The van der Waals surface area contributed by atoms with E-state index >= 15 is 0 Å². The number of hydrogen-bond donors (Lipinski definition) is 1. The van der Waals surface area contributed by atoms with Crippen LogP contribution in [0.5, 0.6) is 0 Å². The Balaban J connectivity index is 1.74. The van der Waals surface area contributed by atoms with Crippen LogP contribution in [-0.2, 0) is 9.53 Å². The normalized spacial score (nSPS) is 31.1. The number of piperidine rings is 1. The van der Waals surface area contributed by atoms with Gasteiger partial charge in [0.1, 0.15) is 0 Å². The molecule has 17 heavy (non-hydrogen) atoms. The van der Waals surface area contributed by atoms with E-state index in [2.05, 4.69) is 10.2 Å². The highest BCUT2D eigenvalue weighted by Crippen LogP contribution is 2.18. The lowest BCUT2D eigenvalue weighted by Gasteiger charge is -2.36. The summed E-state index contributed by atoms with van der Waals surface area (Å²) in [6.45, 7) is 6.78. The fraction of sp³-hybridized carbons (Fsp3) is 0.923. The minimum atomic E-state index is 0.0952. The van der Waals surface area contributed by atoms with Gasteiger partial charge in [0.25, 0.3) is 0 Å². The number of nitrogens with zero attached hydrogens (tertiary/aromatic N) is 1. The van der Waals surface area contributed by atoms with Crippen molar-refractivity contribution in [1.29, 1.82) is 0 Å². The van der Waals surface area contributed by atoms with E-state index < -0.39 is 0 Å². The molecule has 1 amide bonds. The van der Waals surface area contributed by atoms with Gasteiger partial charge >= 0.3 is 0 Å². The van der Waals surface area contributed by atoms with Crippen LogP contribution >= 0.6 is 0 Å². The van der Waals surface area contributed by atoms with Crippen LogP contribution in [0.4, 0.5) is 0 Å². The molecule has 98 valence electrons. The Hall–Kier alpha value is -0.610. The second-order valence-corrected chi connectivity index (χ2v) is 5.38. The molecular formula is C13H24N2O2. The van der Waals surface area contributed by atoms with E-state index in [-0.39, 0.29) is 5.91 Å². The zero-order chi connectivity index (χ0) is 12.1. The van der Waals surface area contributed by atoms with Gasteiger partial charge in [-0.1, -0.05) is 0 Å². The molecule has 2 rings (SSSR count). The lowest BCUT2D eigenvalue weighted by molar-refractivity contribution is -0.120. The summed E-state index contributed by atoms with van der Waals surface area (Å²) < 4.78 is 5.52. The monoisotopic (exact) mass is 240 g/mol. The van der Waals surface area contributed by atoms with Gasteiger partial charge in [0.05, 0.1) is 6.61 Å². The summed E-state index contributed by atoms with van der Waals surface area (Å²) in [6, 6.07) is 0.353. The number of ether oxygens (including phenoxy) is 1. The summed E-state index contributed by atoms with van der Waals surface area (Å²) in [6.07, 6.45) is 4.81. The molecule has 0 aromatic carbocycles. The van der Waals surface area contributed by atoms with Crippen LogP contribution in [0.2, 0.25) is 0 Å². The number of rotatable bonds is 3. The summed E-state index contributed by atoms with van der Waals surface area (Å²) >= 11 is 0. The van der Waals surface area contributed by atoms with Crippen molar-refractivity contribution in [2.75, 3.05) is 32.8 Å². The number of amides is 1. The zero-order valence-electron chi connectivity index (χ0n) is 10.8. The third kappa shape index (κ3) is 4.28. The first-order chi connectivity index (χ1) is 8.24. The maximum atomic E-state index is 11.1. The van der Waals surface area contributed by atoms with E-state index in [4.69, 9.17) is 4.74 Å². The maximum absolute atomic E-state index is 11.1. The quantitative estimate of drug-likeness (QED) is 0.800. The molecule has 2 unspecified atom stereocenters. The predicted molar refractivity (Wildman–Crippen MR) is 66.8 cm³/mol. The molecule has 2 heterocycles. The first-order valence-electron chi connectivity index (χ1n) is 6.81. The summed E-state index contributed by atoms with van der Waals surface area (Å²) in [5, 5.41) is 3.04. The Morgan fingerprint density at radius 1 is 1.41 bits per heavy atom. The number of carbonyl (C=O) groups excluding carboxylic acids is 1. The Labute approximate surface area is 104 Å². The van der Waals surface area contributed by atoms with E-state index in [9.17, 15) is 4.79 Å². The Morgan fingerprint density at radius 2 is 2.29 bits per heavy atom. The van der Waals surface area contributed by atoms with Crippen LogP contribution in [-0.4, -0.2) is 49.7 Å². The van der Waals surface area contributed by atoms with Crippen molar-refractivity contribution in [3.05, 3.63) is 0 Å². The molecule has 4 nitrogen and oxygen atoms in total. The molecule has 2 saturated heterocycles. The third-order valence-corrected chi connectivity index (χ3v) is 3.68. The van der Waals surface area contributed by atoms with Crippen LogP contribution in [0, 0.1) is 5.92 Å². The van der Waals surface area contributed by atoms with Gasteiger partial charge in [0.2, 0.25) is 5.91 Å². The molecule has 0 aliphatic carbocycles. The van der Waals surface area contributed by atoms with Gasteiger partial charge < -0.3 is 15.0 Å². The fourth-order valence-corrected chi connectivity index (χ4v) is 2.94. The lowest BCUT2D eigenvalue weighted by atomic mass is 9.99. The minimum absolute atomic E-state index is 0.0952. The fourth-order valence-electron chi connectivity index (χ4n) is 2.94. The number of hydrogen-bond acceptors (Lipinski definition) is 3. The van der Waals surface area contributed by atoms with Crippen molar-refractivity contribution >= 4 is 5.91 Å². The average Bonchev–Trinajstić information content (AvgIpc) is 2.30. The van der Waals surface area contributed by atoms with Gasteiger partial charge in [-0.25, -0.2) is 0 Å². The Morgan fingerprint density at radius 3 is 3.00 bits per heavy atom. The SMILES string of the molecule is CC(=O)NC1CCCN(CC2CCCOC2)C1. The largest absolute Gasteiger partial charge is 0.381 e. The molecule has 1 N–H and O–H groups in total. The van der Waals surface area contributed by atoms with Crippen molar-refractivity contribution in [2.45, 2.75) is 38.6 Å². The minimum Gasteiger partial charge on any atom is -0.381 e. The van der Waals surface area contributed by atoms with Crippen molar-refractivity contribution in [3.8, 4) is 0 Å². The second-order valence-electron chi connectivity index (χ2n) is 5.38. The van der Waals surface area contributed by atoms with Gasteiger partial charge in [-0.3, -0.25) is 4.79 Å². The van der Waals surface area contributed by atoms with Crippen molar-refractivity contribution in [3.63, 3.8) is 0 Å². The highest BCUT2D eigenvalue weighted by atomic mass is 16.5. The van der Waals surface area contributed by atoms with E-state index in [0.717, 1.165) is 32.7 Å². The molecule has 0 saturated carbocycles. The molecule has 0 radical (unpaired) electrons.